The zero-order valence-electron chi connectivity index (χ0n) is 13.2. The van der Waals surface area contributed by atoms with Gasteiger partial charge in [0.1, 0.15) is 5.75 Å². The van der Waals surface area contributed by atoms with Crippen molar-refractivity contribution in [2.24, 2.45) is 5.92 Å². The molecule has 0 saturated heterocycles. The lowest BCUT2D eigenvalue weighted by Gasteiger charge is -2.20. The standard InChI is InChI=1S/C17H28BrNO/c1-5-7-8-14(6-2)12-20-17-10-9-15(18)11-16(17)13(3)19-4/h9-11,13-14,19H,5-8,12H2,1-4H3. The van der Waals surface area contributed by atoms with E-state index in [2.05, 4.69) is 54.2 Å². The first kappa shape index (κ1) is 17.5. The highest BCUT2D eigenvalue weighted by molar-refractivity contribution is 9.10. The first-order valence-electron chi connectivity index (χ1n) is 7.71. The summed E-state index contributed by atoms with van der Waals surface area (Å²) in [7, 11) is 1.98. The van der Waals surface area contributed by atoms with Crippen molar-refractivity contribution in [3.05, 3.63) is 28.2 Å². The van der Waals surface area contributed by atoms with Crippen molar-refractivity contribution >= 4 is 15.9 Å². The third-order valence-corrected chi connectivity index (χ3v) is 4.38. The molecule has 0 bridgehead atoms. The molecule has 0 amide bonds. The summed E-state index contributed by atoms with van der Waals surface area (Å²) in [6, 6.07) is 6.55. The maximum Gasteiger partial charge on any atom is 0.124 e. The van der Waals surface area contributed by atoms with E-state index in [0.29, 0.717) is 12.0 Å². The average Bonchev–Trinajstić information content (AvgIpc) is 2.47. The minimum Gasteiger partial charge on any atom is -0.493 e. The molecule has 1 N–H and O–H groups in total. The monoisotopic (exact) mass is 341 g/mol. The maximum atomic E-state index is 6.10. The molecule has 20 heavy (non-hydrogen) atoms. The normalized spacial score (nSPS) is 14.1. The maximum absolute atomic E-state index is 6.10. The molecule has 1 aromatic rings. The molecule has 0 aliphatic rings. The van der Waals surface area contributed by atoms with Crippen LogP contribution in [-0.2, 0) is 0 Å². The highest BCUT2D eigenvalue weighted by Gasteiger charge is 2.13. The number of unbranched alkanes of at least 4 members (excludes halogenated alkanes) is 1. The molecule has 0 saturated carbocycles. The summed E-state index contributed by atoms with van der Waals surface area (Å²) in [4.78, 5) is 0. The first-order valence-corrected chi connectivity index (χ1v) is 8.51. The van der Waals surface area contributed by atoms with Gasteiger partial charge in [0.15, 0.2) is 0 Å². The van der Waals surface area contributed by atoms with Crippen molar-refractivity contribution in [1.82, 2.24) is 5.32 Å². The summed E-state index contributed by atoms with van der Waals surface area (Å²) in [5.74, 6) is 1.67. The Bertz CT molecular complexity index is 395. The van der Waals surface area contributed by atoms with E-state index in [1.165, 1.54) is 31.2 Å². The molecule has 1 rings (SSSR count). The van der Waals surface area contributed by atoms with Crippen LogP contribution in [0, 0.1) is 5.92 Å². The van der Waals surface area contributed by atoms with Gasteiger partial charge in [-0.15, -0.1) is 0 Å². The Morgan fingerprint density at radius 2 is 2.05 bits per heavy atom. The van der Waals surface area contributed by atoms with E-state index in [0.717, 1.165) is 16.8 Å². The van der Waals surface area contributed by atoms with E-state index in [4.69, 9.17) is 4.74 Å². The Labute approximate surface area is 132 Å². The Kier molecular flexibility index (Phi) is 8.24. The number of benzene rings is 1. The second-order valence-electron chi connectivity index (χ2n) is 5.42. The van der Waals surface area contributed by atoms with Crippen LogP contribution in [0.4, 0.5) is 0 Å². The molecule has 0 aromatic heterocycles. The average molecular weight is 342 g/mol. The summed E-state index contributed by atoms with van der Waals surface area (Å²) < 4.78 is 7.20. The molecule has 0 fully saturated rings. The largest absolute Gasteiger partial charge is 0.493 e. The SMILES string of the molecule is CCCCC(CC)COc1ccc(Br)cc1C(C)NC. The summed E-state index contributed by atoms with van der Waals surface area (Å²) >= 11 is 3.54. The van der Waals surface area contributed by atoms with Crippen LogP contribution in [-0.4, -0.2) is 13.7 Å². The van der Waals surface area contributed by atoms with Gasteiger partial charge in [0.2, 0.25) is 0 Å². The van der Waals surface area contributed by atoms with Crippen molar-refractivity contribution in [2.75, 3.05) is 13.7 Å². The molecular weight excluding hydrogens is 314 g/mol. The van der Waals surface area contributed by atoms with Gasteiger partial charge in [0.05, 0.1) is 6.61 Å². The predicted molar refractivity (Wildman–Crippen MR) is 90.4 cm³/mol. The fourth-order valence-corrected chi connectivity index (χ4v) is 2.63. The smallest absolute Gasteiger partial charge is 0.124 e. The van der Waals surface area contributed by atoms with Gasteiger partial charge in [-0.2, -0.15) is 0 Å². The molecular formula is C17H28BrNO. The first-order chi connectivity index (χ1) is 9.62. The van der Waals surface area contributed by atoms with Crippen molar-refractivity contribution in [3.63, 3.8) is 0 Å². The van der Waals surface area contributed by atoms with E-state index in [-0.39, 0.29) is 0 Å². The van der Waals surface area contributed by atoms with Gasteiger partial charge >= 0.3 is 0 Å². The highest BCUT2D eigenvalue weighted by atomic mass is 79.9. The second kappa shape index (κ2) is 9.41. The zero-order valence-corrected chi connectivity index (χ0v) is 14.8. The minimum atomic E-state index is 0.290. The zero-order chi connectivity index (χ0) is 15.0. The Balaban J connectivity index is 2.71. The summed E-state index contributed by atoms with van der Waals surface area (Å²) in [6.07, 6.45) is 5.01. The quantitative estimate of drug-likeness (QED) is 0.655. The second-order valence-corrected chi connectivity index (χ2v) is 6.34. The summed E-state index contributed by atoms with van der Waals surface area (Å²) in [6.45, 7) is 7.47. The Morgan fingerprint density at radius 1 is 1.30 bits per heavy atom. The van der Waals surface area contributed by atoms with Crippen molar-refractivity contribution < 1.29 is 4.74 Å². The number of hydrogen-bond donors (Lipinski definition) is 1. The van der Waals surface area contributed by atoms with Gasteiger partial charge in [0, 0.05) is 16.1 Å². The fourth-order valence-electron chi connectivity index (χ4n) is 2.25. The van der Waals surface area contributed by atoms with Crippen LogP contribution in [0.1, 0.15) is 58.1 Å². The topological polar surface area (TPSA) is 21.3 Å². The van der Waals surface area contributed by atoms with E-state index >= 15 is 0 Å². The molecule has 3 heteroatoms. The number of halogens is 1. The minimum absolute atomic E-state index is 0.290. The van der Waals surface area contributed by atoms with Gasteiger partial charge in [-0.05, 0) is 44.5 Å². The van der Waals surface area contributed by atoms with Crippen LogP contribution < -0.4 is 10.1 Å². The van der Waals surface area contributed by atoms with E-state index in [1.807, 2.05) is 13.1 Å². The van der Waals surface area contributed by atoms with E-state index in [1.54, 1.807) is 0 Å². The third-order valence-electron chi connectivity index (χ3n) is 3.89. The lowest BCUT2D eigenvalue weighted by Crippen LogP contribution is -2.16. The lowest BCUT2D eigenvalue weighted by molar-refractivity contribution is 0.230. The molecule has 0 heterocycles. The molecule has 0 spiro atoms. The Hall–Kier alpha value is -0.540. The molecule has 0 radical (unpaired) electrons. The van der Waals surface area contributed by atoms with Crippen LogP contribution in [0.25, 0.3) is 0 Å². The van der Waals surface area contributed by atoms with Crippen molar-refractivity contribution in [1.29, 1.82) is 0 Å². The van der Waals surface area contributed by atoms with Crippen LogP contribution >= 0.6 is 15.9 Å². The molecule has 2 atom stereocenters. The fraction of sp³-hybridized carbons (Fsp3) is 0.647. The molecule has 1 aromatic carbocycles. The van der Waals surface area contributed by atoms with Crippen LogP contribution in [0.15, 0.2) is 22.7 Å². The summed E-state index contributed by atoms with van der Waals surface area (Å²) in [5.41, 5.74) is 1.22. The molecule has 0 aliphatic carbocycles. The molecule has 2 nitrogen and oxygen atoms in total. The molecule has 0 aliphatic heterocycles. The van der Waals surface area contributed by atoms with E-state index in [9.17, 15) is 0 Å². The van der Waals surface area contributed by atoms with Crippen LogP contribution in [0.3, 0.4) is 0 Å². The third kappa shape index (κ3) is 5.45. The van der Waals surface area contributed by atoms with Crippen LogP contribution in [0.5, 0.6) is 5.75 Å². The van der Waals surface area contributed by atoms with Gasteiger partial charge in [-0.1, -0.05) is 49.0 Å². The van der Waals surface area contributed by atoms with Crippen LogP contribution in [0.2, 0.25) is 0 Å². The van der Waals surface area contributed by atoms with Crippen molar-refractivity contribution in [3.8, 4) is 5.75 Å². The highest BCUT2D eigenvalue weighted by Crippen LogP contribution is 2.29. The van der Waals surface area contributed by atoms with E-state index < -0.39 is 0 Å². The van der Waals surface area contributed by atoms with Crippen molar-refractivity contribution in [2.45, 2.75) is 52.5 Å². The van der Waals surface area contributed by atoms with Gasteiger partial charge in [0.25, 0.3) is 0 Å². The lowest BCUT2D eigenvalue weighted by atomic mass is 10.0. The summed E-state index contributed by atoms with van der Waals surface area (Å²) in [5, 5.41) is 3.28. The number of ether oxygens (including phenoxy) is 1. The van der Waals surface area contributed by atoms with Gasteiger partial charge in [-0.3, -0.25) is 0 Å². The van der Waals surface area contributed by atoms with Gasteiger partial charge in [-0.25, -0.2) is 0 Å². The number of hydrogen-bond acceptors (Lipinski definition) is 2. The van der Waals surface area contributed by atoms with Gasteiger partial charge < -0.3 is 10.1 Å². The number of nitrogens with one attached hydrogen (secondary N) is 1. The predicted octanol–water partition coefficient (Wildman–Crippen LogP) is 5.32. The molecule has 114 valence electrons. The molecule has 2 unspecified atom stereocenters. The number of rotatable bonds is 9. The Morgan fingerprint density at radius 3 is 2.65 bits per heavy atom.